The van der Waals surface area contributed by atoms with E-state index in [-0.39, 0.29) is 6.10 Å². The van der Waals surface area contributed by atoms with Crippen molar-refractivity contribution >= 4 is 17.0 Å². The molecule has 0 bridgehead atoms. The van der Waals surface area contributed by atoms with Gasteiger partial charge in [0.25, 0.3) is 0 Å². The number of ether oxygens (including phenoxy) is 2. The van der Waals surface area contributed by atoms with Crippen LogP contribution in [0.1, 0.15) is 12.8 Å². The van der Waals surface area contributed by atoms with Crippen LogP contribution in [0.2, 0.25) is 0 Å². The molecule has 2 aromatic heterocycles. The Kier molecular flexibility index (Phi) is 3.56. The van der Waals surface area contributed by atoms with Gasteiger partial charge in [0.15, 0.2) is 11.5 Å². The highest BCUT2D eigenvalue weighted by atomic mass is 16.5. The summed E-state index contributed by atoms with van der Waals surface area (Å²) in [6, 6.07) is 0. The molecule has 2 aromatic rings. The lowest BCUT2D eigenvalue weighted by Gasteiger charge is -2.09. The summed E-state index contributed by atoms with van der Waals surface area (Å²) in [7, 11) is 0. The van der Waals surface area contributed by atoms with E-state index in [2.05, 4.69) is 15.0 Å². The first-order chi connectivity index (χ1) is 9.34. The number of nitrogens with zero attached hydrogens (tertiary/aromatic N) is 4. The van der Waals surface area contributed by atoms with Crippen LogP contribution in [0.4, 0.5) is 5.82 Å². The van der Waals surface area contributed by atoms with Gasteiger partial charge in [0.05, 0.1) is 19.0 Å². The largest absolute Gasteiger partial charge is 0.382 e. The fraction of sp³-hybridized carbons (Fsp3) is 0.583. The maximum atomic E-state index is 5.74. The van der Waals surface area contributed by atoms with E-state index in [4.69, 9.17) is 15.2 Å². The van der Waals surface area contributed by atoms with Crippen LogP contribution < -0.4 is 5.73 Å². The van der Waals surface area contributed by atoms with E-state index in [9.17, 15) is 0 Å². The maximum absolute atomic E-state index is 5.74. The quantitative estimate of drug-likeness (QED) is 0.795. The van der Waals surface area contributed by atoms with Crippen LogP contribution in [0, 0.1) is 0 Å². The molecule has 0 aromatic carbocycles. The highest BCUT2D eigenvalue weighted by molar-refractivity contribution is 5.80. The minimum absolute atomic E-state index is 0.262. The first kappa shape index (κ1) is 12.3. The van der Waals surface area contributed by atoms with Crippen molar-refractivity contribution in [1.82, 2.24) is 19.5 Å². The average Bonchev–Trinajstić information content (AvgIpc) is 3.05. The molecular formula is C12H17N5O2. The predicted octanol–water partition coefficient (Wildman–Crippen LogP) is 0.604. The van der Waals surface area contributed by atoms with E-state index in [0.717, 1.165) is 38.2 Å². The molecule has 0 amide bonds. The third-order valence-corrected chi connectivity index (χ3v) is 3.21. The van der Waals surface area contributed by atoms with Crippen LogP contribution in [-0.2, 0) is 16.0 Å². The number of nitrogens with two attached hydrogens (primary N) is 1. The first-order valence-corrected chi connectivity index (χ1v) is 6.45. The van der Waals surface area contributed by atoms with Crippen LogP contribution in [0.25, 0.3) is 11.2 Å². The molecule has 7 nitrogen and oxygen atoms in total. The average molecular weight is 263 g/mol. The minimum Gasteiger partial charge on any atom is -0.382 e. The Morgan fingerprint density at radius 2 is 2.37 bits per heavy atom. The number of hydrogen-bond donors (Lipinski definition) is 1. The summed E-state index contributed by atoms with van der Waals surface area (Å²) in [5.74, 6) is 0.420. The molecule has 0 aliphatic carbocycles. The zero-order valence-electron chi connectivity index (χ0n) is 10.7. The van der Waals surface area contributed by atoms with E-state index in [1.54, 1.807) is 6.33 Å². The Balaban J connectivity index is 1.55. The van der Waals surface area contributed by atoms with Gasteiger partial charge in [-0.05, 0) is 12.8 Å². The number of fused-ring (bicyclic) bond motifs is 1. The lowest BCUT2D eigenvalue weighted by atomic mass is 10.3. The third-order valence-electron chi connectivity index (χ3n) is 3.21. The molecule has 0 saturated carbocycles. The highest BCUT2D eigenvalue weighted by Gasteiger charge is 2.15. The monoisotopic (exact) mass is 263 g/mol. The second kappa shape index (κ2) is 5.50. The molecular weight excluding hydrogens is 246 g/mol. The molecule has 102 valence electrons. The lowest BCUT2D eigenvalue weighted by Crippen LogP contribution is -2.14. The van der Waals surface area contributed by atoms with E-state index < -0.39 is 0 Å². The van der Waals surface area contributed by atoms with Crippen molar-refractivity contribution in [2.24, 2.45) is 0 Å². The van der Waals surface area contributed by atoms with Crippen LogP contribution in [-0.4, -0.2) is 45.4 Å². The number of nitrogen functional groups attached to an aromatic ring is 1. The van der Waals surface area contributed by atoms with Gasteiger partial charge in [-0.3, -0.25) is 0 Å². The van der Waals surface area contributed by atoms with Crippen LogP contribution in [0.5, 0.6) is 0 Å². The smallest absolute Gasteiger partial charge is 0.165 e. The van der Waals surface area contributed by atoms with Crippen molar-refractivity contribution in [1.29, 1.82) is 0 Å². The van der Waals surface area contributed by atoms with Gasteiger partial charge >= 0.3 is 0 Å². The molecule has 1 aliphatic rings. The Hall–Kier alpha value is -1.73. The lowest BCUT2D eigenvalue weighted by molar-refractivity contribution is 0.0401. The summed E-state index contributed by atoms with van der Waals surface area (Å²) in [5, 5.41) is 0. The topological polar surface area (TPSA) is 88.1 Å². The number of imidazole rings is 1. The van der Waals surface area contributed by atoms with Gasteiger partial charge in [0.2, 0.25) is 0 Å². The van der Waals surface area contributed by atoms with Crippen molar-refractivity contribution in [2.75, 3.05) is 25.6 Å². The molecule has 19 heavy (non-hydrogen) atoms. The zero-order chi connectivity index (χ0) is 13.1. The summed E-state index contributed by atoms with van der Waals surface area (Å²) in [4.78, 5) is 12.4. The van der Waals surface area contributed by atoms with Gasteiger partial charge in [0.1, 0.15) is 11.8 Å². The second-order valence-electron chi connectivity index (χ2n) is 4.58. The molecule has 2 N–H and O–H groups in total. The highest BCUT2D eigenvalue weighted by Crippen LogP contribution is 2.14. The van der Waals surface area contributed by atoms with Crippen molar-refractivity contribution in [3.8, 4) is 0 Å². The Morgan fingerprint density at radius 3 is 3.21 bits per heavy atom. The number of aromatic nitrogens is 4. The third kappa shape index (κ3) is 2.66. The summed E-state index contributed by atoms with van der Waals surface area (Å²) >= 11 is 0. The summed E-state index contributed by atoms with van der Waals surface area (Å²) in [6.45, 7) is 3.06. The SMILES string of the molecule is Nc1ncnc2c1ncn2CCCOC1CCOC1. The fourth-order valence-electron chi connectivity index (χ4n) is 2.19. The van der Waals surface area contributed by atoms with E-state index in [0.29, 0.717) is 17.9 Å². The molecule has 1 fully saturated rings. The summed E-state index contributed by atoms with van der Waals surface area (Å²) < 4.78 is 13.0. The zero-order valence-corrected chi connectivity index (χ0v) is 10.7. The number of rotatable bonds is 5. The number of aryl methyl sites for hydroxylation is 1. The molecule has 0 radical (unpaired) electrons. The number of hydrogen-bond acceptors (Lipinski definition) is 6. The van der Waals surface area contributed by atoms with Gasteiger partial charge in [-0.25, -0.2) is 15.0 Å². The van der Waals surface area contributed by atoms with Gasteiger partial charge in [-0.1, -0.05) is 0 Å². The van der Waals surface area contributed by atoms with E-state index in [1.807, 2.05) is 4.57 Å². The van der Waals surface area contributed by atoms with Gasteiger partial charge < -0.3 is 19.8 Å². The Labute approximate surface area is 110 Å². The molecule has 1 atom stereocenters. The van der Waals surface area contributed by atoms with Gasteiger partial charge in [-0.15, -0.1) is 0 Å². The molecule has 1 unspecified atom stereocenters. The standard InChI is InChI=1S/C12H17N5O2/c13-11-10-12(15-7-14-11)17(8-16-10)3-1-4-19-9-2-5-18-6-9/h7-9H,1-6H2,(H2,13,14,15). The predicted molar refractivity (Wildman–Crippen MR) is 69.5 cm³/mol. The Morgan fingerprint density at radius 1 is 1.42 bits per heavy atom. The van der Waals surface area contributed by atoms with Crippen molar-refractivity contribution in [3.05, 3.63) is 12.7 Å². The van der Waals surface area contributed by atoms with Crippen LogP contribution in [0.15, 0.2) is 12.7 Å². The normalized spacial score (nSPS) is 19.3. The van der Waals surface area contributed by atoms with Crippen molar-refractivity contribution in [3.63, 3.8) is 0 Å². The first-order valence-electron chi connectivity index (χ1n) is 6.45. The minimum atomic E-state index is 0.262. The van der Waals surface area contributed by atoms with Crippen LogP contribution >= 0.6 is 0 Å². The second-order valence-corrected chi connectivity index (χ2v) is 4.58. The maximum Gasteiger partial charge on any atom is 0.165 e. The molecule has 3 heterocycles. The Bertz CT molecular complexity index is 550. The molecule has 1 saturated heterocycles. The van der Waals surface area contributed by atoms with Gasteiger partial charge in [-0.2, -0.15) is 0 Å². The molecule has 1 aliphatic heterocycles. The fourth-order valence-corrected chi connectivity index (χ4v) is 2.19. The van der Waals surface area contributed by atoms with Crippen molar-refractivity contribution in [2.45, 2.75) is 25.5 Å². The van der Waals surface area contributed by atoms with E-state index in [1.165, 1.54) is 6.33 Å². The number of anilines is 1. The molecule has 3 rings (SSSR count). The molecule has 7 heteroatoms. The van der Waals surface area contributed by atoms with Gasteiger partial charge in [0, 0.05) is 19.8 Å². The molecule has 0 spiro atoms. The summed E-state index contributed by atoms with van der Waals surface area (Å²) in [6.07, 6.45) is 5.37. The van der Waals surface area contributed by atoms with E-state index >= 15 is 0 Å². The summed E-state index contributed by atoms with van der Waals surface area (Å²) in [5.41, 5.74) is 7.18. The van der Waals surface area contributed by atoms with Crippen molar-refractivity contribution < 1.29 is 9.47 Å². The van der Waals surface area contributed by atoms with Crippen LogP contribution in [0.3, 0.4) is 0 Å².